The van der Waals surface area contributed by atoms with Crippen LogP contribution in [0.15, 0.2) is 24.3 Å². The van der Waals surface area contributed by atoms with Gasteiger partial charge in [-0.05, 0) is 29.9 Å². The third-order valence-corrected chi connectivity index (χ3v) is 4.03. The number of carbonyl (C=O) groups excluding carboxylic acids is 1. The standard InChI is InChI=1S/C14H18N2O/c1-2-9-5-3-4-6-10(9)14(17)16-13-11-7-15-8-12(11)13/h3-6,11-13,15H,2,7-8H2,1H3,(H,16,17). The van der Waals surface area contributed by atoms with E-state index < -0.39 is 0 Å². The molecule has 1 aromatic rings. The van der Waals surface area contributed by atoms with Crippen molar-refractivity contribution in [3.8, 4) is 0 Å². The number of hydrogen-bond donors (Lipinski definition) is 2. The fourth-order valence-corrected chi connectivity index (χ4v) is 2.91. The van der Waals surface area contributed by atoms with E-state index >= 15 is 0 Å². The molecule has 1 aliphatic heterocycles. The van der Waals surface area contributed by atoms with Gasteiger partial charge in [0.1, 0.15) is 0 Å². The van der Waals surface area contributed by atoms with E-state index in [1.165, 1.54) is 0 Å². The summed E-state index contributed by atoms with van der Waals surface area (Å²) in [6.07, 6.45) is 0.905. The van der Waals surface area contributed by atoms with E-state index in [9.17, 15) is 4.79 Å². The molecule has 0 spiro atoms. The third-order valence-electron chi connectivity index (χ3n) is 4.03. The van der Waals surface area contributed by atoms with E-state index in [1.54, 1.807) is 0 Å². The lowest BCUT2D eigenvalue weighted by molar-refractivity contribution is 0.0945. The summed E-state index contributed by atoms with van der Waals surface area (Å²) in [7, 11) is 0. The molecule has 2 fully saturated rings. The number of aryl methyl sites for hydroxylation is 1. The van der Waals surface area contributed by atoms with Crippen molar-refractivity contribution in [1.82, 2.24) is 10.6 Å². The summed E-state index contributed by atoms with van der Waals surface area (Å²) in [6.45, 7) is 4.21. The molecule has 3 rings (SSSR count). The van der Waals surface area contributed by atoms with Crippen LogP contribution in [-0.4, -0.2) is 25.0 Å². The van der Waals surface area contributed by atoms with Crippen molar-refractivity contribution in [3.05, 3.63) is 35.4 Å². The lowest BCUT2D eigenvalue weighted by Gasteiger charge is -2.10. The quantitative estimate of drug-likeness (QED) is 0.819. The average molecular weight is 230 g/mol. The topological polar surface area (TPSA) is 41.1 Å². The van der Waals surface area contributed by atoms with Crippen molar-refractivity contribution < 1.29 is 4.79 Å². The number of piperidine rings is 1. The first-order chi connectivity index (χ1) is 8.31. The second kappa shape index (κ2) is 4.15. The van der Waals surface area contributed by atoms with Gasteiger partial charge in [-0.1, -0.05) is 25.1 Å². The van der Waals surface area contributed by atoms with E-state index in [2.05, 4.69) is 17.6 Å². The molecule has 90 valence electrons. The Balaban J connectivity index is 1.70. The summed E-state index contributed by atoms with van der Waals surface area (Å²) in [6, 6.07) is 8.29. The van der Waals surface area contributed by atoms with Crippen LogP contribution in [0.4, 0.5) is 0 Å². The summed E-state index contributed by atoms with van der Waals surface area (Å²) in [5, 5.41) is 6.50. The maximum Gasteiger partial charge on any atom is 0.251 e. The van der Waals surface area contributed by atoms with Gasteiger partial charge in [0.25, 0.3) is 5.91 Å². The van der Waals surface area contributed by atoms with Crippen molar-refractivity contribution >= 4 is 5.91 Å². The number of rotatable bonds is 3. The van der Waals surface area contributed by atoms with Gasteiger partial charge in [-0.25, -0.2) is 0 Å². The monoisotopic (exact) mass is 230 g/mol. The summed E-state index contributed by atoms with van der Waals surface area (Å²) in [5.41, 5.74) is 1.97. The van der Waals surface area contributed by atoms with Crippen LogP contribution in [0.3, 0.4) is 0 Å². The minimum atomic E-state index is 0.0989. The molecule has 1 saturated carbocycles. The number of fused-ring (bicyclic) bond motifs is 1. The first-order valence-corrected chi connectivity index (χ1v) is 6.40. The molecule has 1 aromatic carbocycles. The lowest BCUT2D eigenvalue weighted by atomic mass is 10.0. The Morgan fingerprint density at radius 3 is 2.76 bits per heavy atom. The van der Waals surface area contributed by atoms with Crippen LogP contribution >= 0.6 is 0 Å². The molecule has 2 atom stereocenters. The predicted molar refractivity (Wildman–Crippen MR) is 66.9 cm³/mol. The molecule has 0 bridgehead atoms. The zero-order chi connectivity index (χ0) is 11.8. The third kappa shape index (κ3) is 1.84. The van der Waals surface area contributed by atoms with Crippen molar-refractivity contribution in [2.75, 3.05) is 13.1 Å². The van der Waals surface area contributed by atoms with E-state index in [-0.39, 0.29) is 5.91 Å². The number of carbonyl (C=O) groups is 1. The van der Waals surface area contributed by atoms with Crippen molar-refractivity contribution in [2.24, 2.45) is 11.8 Å². The van der Waals surface area contributed by atoms with Gasteiger partial charge >= 0.3 is 0 Å². The SMILES string of the molecule is CCc1ccccc1C(=O)NC1C2CNCC21. The fraction of sp³-hybridized carbons (Fsp3) is 0.500. The Morgan fingerprint density at radius 2 is 2.06 bits per heavy atom. The molecule has 1 saturated heterocycles. The maximum absolute atomic E-state index is 12.2. The lowest BCUT2D eigenvalue weighted by Crippen LogP contribution is -2.33. The minimum absolute atomic E-state index is 0.0989. The zero-order valence-electron chi connectivity index (χ0n) is 10.1. The Morgan fingerprint density at radius 1 is 1.35 bits per heavy atom. The van der Waals surface area contributed by atoms with Crippen LogP contribution in [0.2, 0.25) is 0 Å². The molecule has 0 radical (unpaired) electrons. The second-order valence-electron chi connectivity index (χ2n) is 5.00. The highest BCUT2D eigenvalue weighted by Crippen LogP contribution is 2.41. The van der Waals surface area contributed by atoms with Crippen LogP contribution in [0, 0.1) is 11.8 Å². The van der Waals surface area contributed by atoms with Crippen LogP contribution in [0.5, 0.6) is 0 Å². The van der Waals surface area contributed by atoms with E-state index in [1.807, 2.05) is 24.3 Å². The number of benzene rings is 1. The van der Waals surface area contributed by atoms with E-state index in [0.717, 1.165) is 30.6 Å². The van der Waals surface area contributed by atoms with Crippen LogP contribution in [-0.2, 0) is 6.42 Å². The molecule has 17 heavy (non-hydrogen) atoms. The molecule has 0 aromatic heterocycles. The largest absolute Gasteiger partial charge is 0.349 e. The van der Waals surface area contributed by atoms with Gasteiger partial charge in [0.15, 0.2) is 0 Å². The van der Waals surface area contributed by atoms with Gasteiger partial charge in [-0.15, -0.1) is 0 Å². The first-order valence-electron chi connectivity index (χ1n) is 6.40. The Labute approximate surface area is 102 Å². The summed E-state index contributed by atoms with van der Waals surface area (Å²) in [4.78, 5) is 12.2. The highest BCUT2D eigenvalue weighted by atomic mass is 16.1. The van der Waals surface area contributed by atoms with E-state index in [4.69, 9.17) is 0 Å². The van der Waals surface area contributed by atoms with Crippen LogP contribution < -0.4 is 10.6 Å². The molecular weight excluding hydrogens is 212 g/mol. The summed E-state index contributed by atoms with van der Waals surface area (Å²) >= 11 is 0. The molecule has 1 aliphatic carbocycles. The van der Waals surface area contributed by atoms with Crippen molar-refractivity contribution in [2.45, 2.75) is 19.4 Å². The predicted octanol–water partition coefficient (Wildman–Crippen LogP) is 1.20. The molecular formula is C14H18N2O. The fourth-order valence-electron chi connectivity index (χ4n) is 2.91. The smallest absolute Gasteiger partial charge is 0.251 e. The van der Waals surface area contributed by atoms with Gasteiger partial charge in [0.05, 0.1) is 0 Å². The maximum atomic E-state index is 12.2. The molecule has 2 N–H and O–H groups in total. The van der Waals surface area contributed by atoms with Gasteiger partial charge in [0.2, 0.25) is 0 Å². The minimum Gasteiger partial charge on any atom is -0.349 e. The number of amides is 1. The number of nitrogens with one attached hydrogen (secondary N) is 2. The van der Waals surface area contributed by atoms with Gasteiger partial charge < -0.3 is 10.6 Å². The second-order valence-corrected chi connectivity index (χ2v) is 5.00. The summed E-state index contributed by atoms with van der Waals surface area (Å²) in [5.74, 6) is 1.45. The molecule has 1 heterocycles. The van der Waals surface area contributed by atoms with E-state index in [0.29, 0.717) is 17.9 Å². The average Bonchev–Trinajstić information content (AvgIpc) is 2.80. The Kier molecular flexibility index (Phi) is 2.63. The normalized spacial score (nSPS) is 29.8. The molecule has 2 aliphatic rings. The van der Waals surface area contributed by atoms with Gasteiger partial charge in [0, 0.05) is 24.7 Å². The molecule has 3 nitrogen and oxygen atoms in total. The number of hydrogen-bond acceptors (Lipinski definition) is 2. The van der Waals surface area contributed by atoms with Gasteiger partial charge in [-0.2, -0.15) is 0 Å². The highest BCUT2D eigenvalue weighted by Gasteiger charge is 2.53. The Bertz CT molecular complexity index is 434. The first kappa shape index (κ1) is 10.8. The Hall–Kier alpha value is -1.35. The van der Waals surface area contributed by atoms with Crippen molar-refractivity contribution in [1.29, 1.82) is 0 Å². The van der Waals surface area contributed by atoms with Crippen molar-refractivity contribution in [3.63, 3.8) is 0 Å². The van der Waals surface area contributed by atoms with Crippen LogP contribution in [0.1, 0.15) is 22.8 Å². The zero-order valence-corrected chi connectivity index (χ0v) is 10.1. The van der Waals surface area contributed by atoms with Crippen LogP contribution in [0.25, 0.3) is 0 Å². The highest BCUT2D eigenvalue weighted by molar-refractivity contribution is 5.96. The molecule has 3 heteroatoms. The van der Waals surface area contributed by atoms with Gasteiger partial charge in [-0.3, -0.25) is 4.79 Å². The molecule has 2 unspecified atom stereocenters. The molecule has 1 amide bonds. The summed E-state index contributed by atoms with van der Waals surface area (Å²) < 4.78 is 0.